The van der Waals surface area contributed by atoms with Crippen LogP contribution in [0.15, 0.2) is 27.6 Å². The van der Waals surface area contributed by atoms with E-state index in [9.17, 15) is 8.42 Å². The monoisotopic (exact) mass is 350 g/mol. The van der Waals surface area contributed by atoms with Crippen molar-refractivity contribution < 1.29 is 13.2 Å². The summed E-state index contributed by atoms with van der Waals surface area (Å²) >= 11 is 3.25. The minimum absolute atomic E-state index is 0.148. The lowest BCUT2D eigenvalue weighted by Gasteiger charge is -2.25. The predicted octanol–water partition coefficient (Wildman–Crippen LogP) is 2.08. The van der Waals surface area contributed by atoms with E-state index in [4.69, 9.17) is 10.5 Å². The van der Waals surface area contributed by atoms with Gasteiger partial charge in [0.05, 0.1) is 11.5 Å². The van der Waals surface area contributed by atoms with E-state index in [-0.39, 0.29) is 10.9 Å². The summed E-state index contributed by atoms with van der Waals surface area (Å²) in [6, 6.07) is 4.49. The van der Waals surface area contributed by atoms with Crippen molar-refractivity contribution in [1.29, 1.82) is 0 Å². The Bertz CT molecular complexity index is 532. The number of nitrogens with two attached hydrogens (primary N) is 1. The standard InChI is InChI=1S/C12H19BrN2O3S/c1-9(2)15(6-7-18-3)19(16,17)10-4-5-11(13)12(14)8-10/h4-5,8-9H,6-7,14H2,1-3H3. The topological polar surface area (TPSA) is 72.6 Å². The maximum atomic E-state index is 12.5. The Hall–Kier alpha value is -0.630. The van der Waals surface area contributed by atoms with E-state index in [0.29, 0.717) is 23.3 Å². The van der Waals surface area contributed by atoms with Crippen molar-refractivity contribution in [1.82, 2.24) is 4.31 Å². The average molecular weight is 351 g/mol. The lowest BCUT2D eigenvalue weighted by atomic mass is 10.3. The van der Waals surface area contributed by atoms with Gasteiger partial charge in [0.2, 0.25) is 10.0 Å². The molecule has 0 fully saturated rings. The van der Waals surface area contributed by atoms with E-state index in [1.165, 1.54) is 16.4 Å². The van der Waals surface area contributed by atoms with E-state index < -0.39 is 10.0 Å². The zero-order chi connectivity index (χ0) is 14.6. The summed E-state index contributed by atoms with van der Waals surface area (Å²) in [6.45, 7) is 4.32. The van der Waals surface area contributed by atoms with Gasteiger partial charge in [-0.15, -0.1) is 0 Å². The van der Waals surface area contributed by atoms with E-state index in [1.807, 2.05) is 13.8 Å². The molecule has 5 nitrogen and oxygen atoms in total. The number of methoxy groups -OCH3 is 1. The molecule has 0 aromatic heterocycles. The quantitative estimate of drug-likeness (QED) is 0.797. The van der Waals surface area contributed by atoms with Gasteiger partial charge < -0.3 is 10.5 Å². The molecule has 7 heteroatoms. The fraction of sp³-hybridized carbons (Fsp3) is 0.500. The minimum Gasteiger partial charge on any atom is -0.398 e. The molecule has 1 aromatic rings. The van der Waals surface area contributed by atoms with Crippen molar-refractivity contribution in [2.45, 2.75) is 24.8 Å². The lowest BCUT2D eigenvalue weighted by Crippen LogP contribution is -2.39. The molecular formula is C12H19BrN2O3S. The molecule has 0 atom stereocenters. The third kappa shape index (κ3) is 3.92. The Balaban J connectivity index is 3.15. The van der Waals surface area contributed by atoms with Gasteiger partial charge in [-0.2, -0.15) is 4.31 Å². The van der Waals surface area contributed by atoms with Crippen LogP contribution in [0.5, 0.6) is 0 Å². The predicted molar refractivity (Wildman–Crippen MR) is 79.5 cm³/mol. The second-order valence-corrected chi connectivity index (χ2v) is 7.13. The van der Waals surface area contributed by atoms with Crippen molar-refractivity contribution in [3.63, 3.8) is 0 Å². The number of benzene rings is 1. The van der Waals surface area contributed by atoms with Crippen molar-refractivity contribution >= 4 is 31.6 Å². The van der Waals surface area contributed by atoms with Crippen molar-refractivity contribution in [3.8, 4) is 0 Å². The first-order chi connectivity index (χ1) is 8.80. The highest BCUT2D eigenvalue weighted by Crippen LogP contribution is 2.25. The molecule has 1 rings (SSSR count). The molecule has 0 spiro atoms. The van der Waals surface area contributed by atoms with Gasteiger partial charge in [-0.05, 0) is 48.0 Å². The number of sulfonamides is 1. The van der Waals surface area contributed by atoms with Crippen molar-refractivity contribution in [2.75, 3.05) is 26.0 Å². The van der Waals surface area contributed by atoms with Crippen LogP contribution >= 0.6 is 15.9 Å². The van der Waals surface area contributed by atoms with Gasteiger partial charge in [-0.3, -0.25) is 0 Å². The summed E-state index contributed by atoms with van der Waals surface area (Å²) in [5.41, 5.74) is 6.14. The van der Waals surface area contributed by atoms with Gasteiger partial charge in [0.25, 0.3) is 0 Å². The second kappa shape index (κ2) is 6.69. The second-order valence-electron chi connectivity index (χ2n) is 4.39. The highest BCUT2D eigenvalue weighted by molar-refractivity contribution is 9.10. The Morgan fingerprint density at radius 2 is 2.05 bits per heavy atom. The zero-order valence-electron chi connectivity index (χ0n) is 11.3. The zero-order valence-corrected chi connectivity index (χ0v) is 13.7. The summed E-state index contributed by atoms with van der Waals surface area (Å²) in [6.07, 6.45) is 0. The molecule has 0 heterocycles. The summed E-state index contributed by atoms with van der Waals surface area (Å²) in [7, 11) is -2.01. The molecule has 0 bridgehead atoms. The minimum atomic E-state index is -3.56. The van der Waals surface area contributed by atoms with Crippen LogP contribution < -0.4 is 5.73 Å². The van der Waals surface area contributed by atoms with Gasteiger partial charge in [0.1, 0.15) is 0 Å². The number of halogens is 1. The van der Waals surface area contributed by atoms with Crippen molar-refractivity contribution in [2.24, 2.45) is 0 Å². The Morgan fingerprint density at radius 1 is 1.42 bits per heavy atom. The molecule has 2 N–H and O–H groups in total. The van der Waals surface area contributed by atoms with E-state index in [0.717, 1.165) is 0 Å². The third-order valence-corrected chi connectivity index (χ3v) is 5.46. The van der Waals surface area contributed by atoms with Crippen LogP contribution in [-0.2, 0) is 14.8 Å². The van der Waals surface area contributed by atoms with Crippen LogP contribution in [0, 0.1) is 0 Å². The third-order valence-electron chi connectivity index (χ3n) is 2.67. The van der Waals surface area contributed by atoms with Crippen molar-refractivity contribution in [3.05, 3.63) is 22.7 Å². The lowest BCUT2D eigenvalue weighted by molar-refractivity contribution is 0.171. The van der Waals surface area contributed by atoms with E-state index >= 15 is 0 Å². The first kappa shape index (κ1) is 16.4. The highest BCUT2D eigenvalue weighted by Gasteiger charge is 2.27. The van der Waals surface area contributed by atoms with Gasteiger partial charge in [-0.1, -0.05) is 0 Å². The maximum absolute atomic E-state index is 12.5. The molecule has 0 amide bonds. The van der Waals surface area contributed by atoms with E-state index in [1.54, 1.807) is 13.2 Å². The summed E-state index contributed by atoms with van der Waals surface area (Å²) < 4.78 is 32.1. The number of hydrogen-bond acceptors (Lipinski definition) is 4. The molecule has 0 saturated carbocycles. The fourth-order valence-corrected chi connectivity index (χ4v) is 3.56. The first-order valence-electron chi connectivity index (χ1n) is 5.86. The summed E-state index contributed by atoms with van der Waals surface area (Å²) in [4.78, 5) is 0.193. The molecule has 0 saturated heterocycles. The number of nitrogen functional groups attached to an aromatic ring is 1. The molecule has 108 valence electrons. The van der Waals surface area contributed by atoms with Crippen LogP contribution in [0.25, 0.3) is 0 Å². The van der Waals surface area contributed by atoms with Gasteiger partial charge in [0.15, 0.2) is 0 Å². The smallest absolute Gasteiger partial charge is 0.243 e. The normalized spacial score (nSPS) is 12.3. The van der Waals surface area contributed by atoms with Gasteiger partial charge >= 0.3 is 0 Å². The molecule has 0 unspecified atom stereocenters. The Labute approximate surface area is 122 Å². The van der Waals surface area contributed by atoms with Crippen LogP contribution in [0.2, 0.25) is 0 Å². The number of rotatable bonds is 6. The molecular weight excluding hydrogens is 332 g/mol. The van der Waals surface area contributed by atoms with E-state index in [2.05, 4.69) is 15.9 Å². The summed E-state index contributed by atoms with van der Waals surface area (Å²) in [5, 5.41) is 0. The number of anilines is 1. The number of hydrogen-bond donors (Lipinski definition) is 1. The van der Waals surface area contributed by atoms with Gasteiger partial charge in [-0.25, -0.2) is 8.42 Å². The molecule has 1 aromatic carbocycles. The van der Waals surface area contributed by atoms with Crippen LogP contribution in [0.1, 0.15) is 13.8 Å². The Morgan fingerprint density at radius 3 is 2.53 bits per heavy atom. The molecule has 0 aliphatic carbocycles. The largest absolute Gasteiger partial charge is 0.398 e. The molecule has 0 aliphatic heterocycles. The molecule has 0 radical (unpaired) electrons. The van der Waals surface area contributed by atoms with Crippen LogP contribution in [-0.4, -0.2) is 39.0 Å². The summed E-state index contributed by atoms with van der Waals surface area (Å²) in [5.74, 6) is 0. The molecule has 19 heavy (non-hydrogen) atoms. The highest BCUT2D eigenvalue weighted by atomic mass is 79.9. The maximum Gasteiger partial charge on any atom is 0.243 e. The SMILES string of the molecule is COCCN(C(C)C)S(=O)(=O)c1ccc(Br)c(N)c1. The molecule has 0 aliphatic rings. The fourth-order valence-electron chi connectivity index (χ4n) is 1.65. The number of nitrogens with zero attached hydrogens (tertiary/aromatic N) is 1. The average Bonchev–Trinajstić information content (AvgIpc) is 2.32. The van der Waals surface area contributed by atoms with Gasteiger partial charge in [0, 0.05) is 29.9 Å². The Kier molecular flexibility index (Phi) is 5.79. The number of ether oxygens (including phenoxy) is 1. The van der Waals surface area contributed by atoms with Crippen LogP contribution in [0.4, 0.5) is 5.69 Å². The van der Waals surface area contributed by atoms with Crippen LogP contribution in [0.3, 0.4) is 0 Å². The first-order valence-corrected chi connectivity index (χ1v) is 8.09.